The van der Waals surface area contributed by atoms with Gasteiger partial charge in [-0.15, -0.1) is 0 Å². The third-order valence-electron chi connectivity index (χ3n) is 5.07. The lowest BCUT2D eigenvalue weighted by Crippen LogP contribution is -2.39. The Hall–Kier alpha value is -2.91. The summed E-state index contributed by atoms with van der Waals surface area (Å²) in [5.41, 5.74) is 0.325. The Kier molecular flexibility index (Phi) is 6.66. The zero-order valence-electron chi connectivity index (χ0n) is 17.1. The van der Waals surface area contributed by atoms with Gasteiger partial charge < -0.3 is 14.5 Å². The summed E-state index contributed by atoms with van der Waals surface area (Å²) in [4.78, 5) is 36.0. The van der Waals surface area contributed by atoms with Crippen LogP contribution in [0.15, 0.2) is 56.9 Å². The molecule has 0 radical (unpaired) electrons. The highest BCUT2D eigenvalue weighted by Gasteiger charge is 2.19. The van der Waals surface area contributed by atoms with E-state index < -0.39 is 21.0 Å². The molecular weight excluding hydrogens is 442 g/mol. The lowest BCUT2D eigenvalue weighted by molar-refractivity contribution is -0.120. The SMILES string of the molecule is Cn1c(=O)c(=O)n(C)c2cc(S(=O)(=O)CCC(=O)NCCc3ccc(Cl)cc3)ccc21. The number of nitrogens with one attached hydrogen (secondary N) is 1. The zero-order valence-corrected chi connectivity index (χ0v) is 18.7. The van der Waals surface area contributed by atoms with Crippen LogP contribution in [0.5, 0.6) is 0 Å². The average molecular weight is 464 g/mol. The number of nitrogens with zero attached hydrogens (tertiary/aromatic N) is 2. The lowest BCUT2D eigenvalue weighted by atomic mass is 10.1. The summed E-state index contributed by atoms with van der Waals surface area (Å²) in [5.74, 6) is -0.738. The fourth-order valence-corrected chi connectivity index (χ4v) is 4.57. The Morgan fingerprint density at radius 2 is 1.58 bits per heavy atom. The largest absolute Gasteiger partial charge is 0.356 e. The Balaban J connectivity index is 1.67. The zero-order chi connectivity index (χ0) is 22.8. The Morgan fingerprint density at radius 1 is 0.968 bits per heavy atom. The number of hydrogen-bond donors (Lipinski definition) is 1. The monoisotopic (exact) mass is 463 g/mol. The number of fused-ring (bicyclic) bond motifs is 1. The molecule has 0 fully saturated rings. The van der Waals surface area contributed by atoms with Crippen LogP contribution in [0, 0.1) is 0 Å². The molecule has 0 aliphatic heterocycles. The molecule has 1 amide bonds. The first kappa shape index (κ1) is 22.8. The topological polar surface area (TPSA) is 107 Å². The molecule has 1 heterocycles. The lowest BCUT2D eigenvalue weighted by Gasteiger charge is -2.11. The fraction of sp³-hybridized carbons (Fsp3) is 0.286. The first-order chi connectivity index (χ1) is 14.6. The second kappa shape index (κ2) is 9.07. The second-order valence-corrected chi connectivity index (χ2v) is 9.72. The third-order valence-corrected chi connectivity index (χ3v) is 7.03. The standard InChI is InChI=1S/C21H22ClN3O5S/c1-24-17-8-7-16(13-18(17)25(2)21(28)20(24)27)31(29,30)12-10-19(26)23-11-9-14-3-5-15(22)6-4-14/h3-8,13H,9-12H2,1-2H3,(H,23,26). The molecule has 0 unspecified atom stereocenters. The van der Waals surface area contributed by atoms with E-state index in [-0.39, 0.29) is 23.0 Å². The van der Waals surface area contributed by atoms with Gasteiger partial charge in [-0.05, 0) is 42.3 Å². The molecule has 0 saturated heterocycles. The number of hydrogen-bond acceptors (Lipinski definition) is 5. The average Bonchev–Trinajstić information content (AvgIpc) is 2.76. The molecular formula is C21H22ClN3O5S. The number of carbonyl (C=O) groups is 1. The minimum Gasteiger partial charge on any atom is -0.356 e. The molecule has 1 N–H and O–H groups in total. The molecule has 0 saturated carbocycles. The Morgan fingerprint density at radius 3 is 2.23 bits per heavy atom. The maximum Gasteiger partial charge on any atom is 0.316 e. The minimum atomic E-state index is -3.76. The summed E-state index contributed by atoms with van der Waals surface area (Å²) >= 11 is 5.84. The van der Waals surface area contributed by atoms with E-state index in [1.54, 1.807) is 12.1 Å². The minimum absolute atomic E-state index is 0.0115. The molecule has 8 nitrogen and oxygen atoms in total. The van der Waals surface area contributed by atoms with Crippen molar-refractivity contribution in [1.82, 2.24) is 14.5 Å². The van der Waals surface area contributed by atoms with Gasteiger partial charge in [-0.2, -0.15) is 0 Å². The van der Waals surface area contributed by atoms with E-state index in [0.29, 0.717) is 29.0 Å². The van der Waals surface area contributed by atoms with Gasteiger partial charge in [0.2, 0.25) is 5.91 Å². The van der Waals surface area contributed by atoms with Gasteiger partial charge in [-0.25, -0.2) is 8.42 Å². The van der Waals surface area contributed by atoms with E-state index in [1.807, 2.05) is 12.1 Å². The maximum atomic E-state index is 12.7. The number of benzene rings is 2. The second-order valence-electron chi connectivity index (χ2n) is 7.17. The number of amides is 1. The summed E-state index contributed by atoms with van der Waals surface area (Å²) in [6.45, 7) is 0.382. The summed E-state index contributed by atoms with van der Waals surface area (Å²) < 4.78 is 27.7. The molecule has 0 atom stereocenters. The van der Waals surface area contributed by atoms with Crippen LogP contribution in [-0.2, 0) is 35.1 Å². The van der Waals surface area contributed by atoms with E-state index in [9.17, 15) is 22.8 Å². The van der Waals surface area contributed by atoms with Crippen molar-refractivity contribution < 1.29 is 13.2 Å². The summed E-state index contributed by atoms with van der Waals surface area (Å²) in [6, 6.07) is 11.5. The van der Waals surface area contributed by atoms with Crippen LogP contribution >= 0.6 is 11.6 Å². The van der Waals surface area contributed by atoms with Crippen molar-refractivity contribution in [2.24, 2.45) is 14.1 Å². The van der Waals surface area contributed by atoms with Crippen molar-refractivity contribution >= 4 is 38.4 Å². The van der Waals surface area contributed by atoms with E-state index in [4.69, 9.17) is 11.6 Å². The highest BCUT2D eigenvalue weighted by molar-refractivity contribution is 7.91. The quantitative estimate of drug-likeness (QED) is 0.533. The third kappa shape index (κ3) is 5.05. The van der Waals surface area contributed by atoms with Crippen molar-refractivity contribution in [2.75, 3.05) is 12.3 Å². The van der Waals surface area contributed by atoms with Crippen LogP contribution in [0.25, 0.3) is 11.0 Å². The van der Waals surface area contributed by atoms with Crippen LogP contribution in [0.2, 0.25) is 5.02 Å². The van der Waals surface area contributed by atoms with Gasteiger partial charge in [0.1, 0.15) is 0 Å². The number of rotatable bonds is 7. The number of carbonyl (C=O) groups excluding carboxylic acids is 1. The van der Waals surface area contributed by atoms with Gasteiger partial charge in [0.25, 0.3) is 0 Å². The highest BCUT2D eigenvalue weighted by Crippen LogP contribution is 2.18. The van der Waals surface area contributed by atoms with Gasteiger partial charge >= 0.3 is 11.1 Å². The first-order valence-corrected chi connectivity index (χ1v) is 11.6. The summed E-state index contributed by atoms with van der Waals surface area (Å²) in [7, 11) is -0.893. The Bertz CT molecular complexity index is 1360. The van der Waals surface area contributed by atoms with Crippen LogP contribution in [0.1, 0.15) is 12.0 Å². The van der Waals surface area contributed by atoms with Gasteiger partial charge in [0.15, 0.2) is 9.84 Å². The summed E-state index contributed by atoms with van der Waals surface area (Å²) in [6.07, 6.45) is 0.417. The Labute approximate surface area is 184 Å². The molecule has 3 rings (SSSR count). The van der Waals surface area contributed by atoms with E-state index in [1.165, 1.54) is 36.9 Å². The smallest absolute Gasteiger partial charge is 0.316 e. The van der Waals surface area contributed by atoms with Crippen molar-refractivity contribution in [3.63, 3.8) is 0 Å². The molecule has 1 aromatic heterocycles. The molecule has 31 heavy (non-hydrogen) atoms. The van der Waals surface area contributed by atoms with Crippen molar-refractivity contribution in [1.29, 1.82) is 0 Å². The van der Waals surface area contributed by atoms with Gasteiger partial charge in [0, 0.05) is 32.1 Å². The predicted octanol–water partition coefficient (Wildman–Crippen LogP) is 1.41. The van der Waals surface area contributed by atoms with Crippen LogP contribution < -0.4 is 16.4 Å². The maximum absolute atomic E-state index is 12.7. The molecule has 0 aliphatic rings. The molecule has 2 aromatic carbocycles. The number of sulfone groups is 1. The van der Waals surface area contributed by atoms with E-state index in [2.05, 4.69) is 5.32 Å². The van der Waals surface area contributed by atoms with Crippen molar-refractivity contribution in [3.8, 4) is 0 Å². The molecule has 3 aromatic rings. The van der Waals surface area contributed by atoms with E-state index >= 15 is 0 Å². The van der Waals surface area contributed by atoms with Crippen LogP contribution in [0.3, 0.4) is 0 Å². The van der Waals surface area contributed by atoms with Gasteiger partial charge in [-0.1, -0.05) is 23.7 Å². The summed E-state index contributed by atoms with van der Waals surface area (Å²) in [5, 5.41) is 3.34. The molecule has 10 heteroatoms. The first-order valence-electron chi connectivity index (χ1n) is 9.54. The van der Waals surface area contributed by atoms with E-state index in [0.717, 1.165) is 10.1 Å². The highest BCUT2D eigenvalue weighted by atomic mass is 35.5. The fourth-order valence-electron chi connectivity index (χ4n) is 3.19. The van der Waals surface area contributed by atoms with Crippen LogP contribution in [-0.4, -0.2) is 35.8 Å². The molecule has 0 spiro atoms. The molecule has 0 aliphatic carbocycles. The van der Waals surface area contributed by atoms with Crippen molar-refractivity contribution in [3.05, 3.63) is 73.8 Å². The van der Waals surface area contributed by atoms with Gasteiger partial charge in [0.05, 0.1) is 21.7 Å². The number of aryl methyl sites for hydroxylation is 2. The predicted molar refractivity (Wildman–Crippen MR) is 119 cm³/mol. The normalized spacial score (nSPS) is 11.6. The number of halogens is 1. The molecule has 0 bridgehead atoms. The number of aromatic nitrogens is 2. The van der Waals surface area contributed by atoms with Crippen LogP contribution in [0.4, 0.5) is 0 Å². The van der Waals surface area contributed by atoms with Gasteiger partial charge in [-0.3, -0.25) is 14.4 Å². The molecule has 164 valence electrons. The van der Waals surface area contributed by atoms with Crippen molar-refractivity contribution in [2.45, 2.75) is 17.7 Å².